The first-order valence-electron chi connectivity index (χ1n) is 6.26. The number of carbonyl (C=O) groups is 1. The van der Waals surface area contributed by atoms with Gasteiger partial charge in [0.15, 0.2) is 0 Å². The van der Waals surface area contributed by atoms with Crippen LogP contribution < -0.4 is 10.2 Å². The molecule has 2 aromatic rings. The van der Waals surface area contributed by atoms with Crippen LogP contribution in [0, 0.1) is 0 Å². The fourth-order valence-corrected chi connectivity index (χ4v) is 3.73. The number of fused-ring (bicyclic) bond motifs is 1. The Morgan fingerprint density at radius 2 is 2.10 bits per heavy atom. The van der Waals surface area contributed by atoms with Crippen molar-refractivity contribution < 1.29 is 4.79 Å². The molecule has 0 atom stereocenters. The fourth-order valence-electron chi connectivity index (χ4n) is 2.28. The van der Waals surface area contributed by atoms with Crippen LogP contribution >= 0.6 is 34.5 Å². The van der Waals surface area contributed by atoms with E-state index in [4.69, 9.17) is 23.2 Å². The molecule has 104 valence electrons. The molecule has 1 amide bonds. The predicted molar refractivity (Wildman–Crippen MR) is 85.6 cm³/mol. The van der Waals surface area contributed by atoms with Crippen molar-refractivity contribution in [2.45, 2.75) is 6.42 Å². The van der Waals surface area contributed by atoms with Crippen molar-refractivity contribution in [1.29, 1.82) is 0 Å². The van der Waals surface area contributed by atoms with Crippen molar-refractivity contribution >= 4 is 51.8 Å². The van der Waals surface area contributed by atoms with Gasteiger partial charge in [-0.1, -0.05) is 35.3 Å². The summed E-state index contributed by atoms with van der Waals surface area (Å²) >= 11 is 13.2. The van der Waals surface area contributed by atoms with E-state index in [-0.39, 0.29) is 5.91 Å². The van der Waals surface area contributed by atoms with Gasteiger partial charge in [-0.2, -0.15) is 0 Å². The zero-order valence-corrected chi connectivity index (χ0v) is 12.9. The zero-order valence-electron chi connectivity index (χ0n) is 10.5. The Morgan fingerprint density at radius 3 is 2.85 bits per heavy atom. The third-order valence-corrected chi connectivity index (χ3v) is 4.69. The molecule has 0 bridgehead atoms. The monoisotopic (exact) mass is 326 g/mol. The van der Waals surface area contributed by atoms with Crippen LogP contribution in [0.5, 0.6) is 0 Å². The summed E-state index contributed by atoms with van der Waals surface area (Å²) in [5.41, 5.74) is 2.32. The van der Waals surface area contributed by atoms with Gasteiger partial charge in [0.2, 0.25) is 0 Å². The van der Waals surface area contributed by atoms with E-state index in [0.29, 0.717) is 20.8 Å². The summed E-state index contributed by atoms with van der Waals surface area (Å²) in [6, 6.07) is 9.43. The molecule has 1 aliphatic rings. The quantitative estimate of drug-likeness (QED) is 0.835. The molecule has 0 radical (unpaired) electrons. The van der Waals surface area contributed by atoms with E-state index in [0.717, 1.165) is 24.3 Å². The van der Waals surface area contributed by atoms with Crippen LogP contribution in [0.2, 0.25) is 8.67 Å². The topological polar surface area (TPSA) is 32.3 Å². The number of hydrogen-bond donors (Lipinski definition) is 1. The standard InChI is InChI=1S/C14H12Cl2N2OS/c15-12-8-9(13(16)20-12)14(19)18-7-3-6-17-10-4-1-2-5-11(10)18/h1-2,4-5,8,17H,3,6-7H2. The van der Waals surface area contributed by atoms with Crippen LogP contribution in [0.15, 0.2) is 30.3 Å². The van der Waals surface area contributed by atoms with Gasteiger partial charge >= 0.3 is 0 Å². The minimum absolute atomic E-state index is 0.102. The van der Waals surface area contributed by atoms with E-state index in [9.17, 15) is 4.79 Å². The van der Waals surface area contributed by atoms with E-state index in [2.05, 4.69) is 5.32 Å². The third-order valence-electron chi connectivity index (χ3n) is 3.20. The molecule has 0 spiro atoms. The molecule has 0 unspecified atom stereocenters. The van der Waals surface area contributed by atoms with Gasteiger partial charge < -0.3 is 10.2 Å². The van der Waals surface area contributed by atoms with Crippen molar-refractivity contribution in [3.63, 3.8) is 0 Å². The largest absolute Gasteiger partial charge is 0.383 e. The van der Waals surface area contributed by atoms with Gasteiger partial charge in [0.25, 0.3) is 5.91 Å². The van der Waals surface area contributed by atoms with Crippen LogP contribution in [-0.4, -0.2) is 19.0 Å². The third kappa shape index (κ3) is 2.51. The van der Waals surface area contributed by atoms with Crippen LogP contribution in [0.1, 0.15) is 16.8 Å². The SMILES string of the molecule is O=C(c1cc(Cl)sc1Cl)N1CCCNc2ccccc21. The van der Waals surface area contributed by atoms with E-state index in [1.54, 1.807) is 11.0 Å². The molecule has 3 rings (SSSR count). The molecular weight excluding hydrogens is 315 g/mol. The minimum atomic E-state index is -0.102. The molecule has 0 saturated carbocycles. The van der Waals surface area contributed by atoms with Crippen LogP contribution in [0.3, 0.4) is 0 Å². The first-order valence-corrected chi connectivity index (χ1v) is 7.83. The smallest absolute Gasteiger partial charge is 0.260 e. The Labute approximate surface area is 131 Å². The van der Waals surface area contributed by atoms with E-state index < -0.39 is 0 Å². The highest BCUT2D eigenvalue weighted by Crippen LogP contribution is 2.35. The predicted octanol–water partition coefficient (Wildman–Crippen LogP) is 4.52. The Kier molecular flexibility index (Phi) is 3.87. The maximum atomic E-state index is 12.7. The van der Waals surface area contributed by atoms with Gasteiger partial charge in [-0.15, -0.1) is 11.3 Å². The highest BCUT2D eigenvalue weighted by molar-refractivity contribution is 7.20. The summed E-state index contributed by atoms with van der Waals surface area (Å²) in [5.74, 6) is -0.102. The fraction of sp³-hybridized carbons (Fsp3) is 0.214. The number of nitrogens with zero attached hydrogens (tertiary/aromatic N) is 1. The van der Waals surface area contributed by atoms with Gasteiger partial charge in [-0.05, 0) is 24.6 Å². The van der Waals surface area contributed by atoms with E-state index in [1.807, 2.05) is 24.3 Å². The summed E-state index contributed by atoms with van der Waals surface area (Å²) in [4.78, 5) is 14.5. The highest BCUT2D eigenvalue weighted by atomic mass is 35.5. The molecule has 0 aliphatic carbocycles. The summed E-state index contributed by atoms with van der Waals surface area (Å²) in [6.07, 6.45) is 0.885. The summed E-state index contributed by atoms with van der Waals surface area (Å²) in [5, 5.41) is 3.33. The van der Waals surface area contributed by atoms with Gasteiger partial charge in [0.05, 0.1) is 21.3 Å². The molecule has 1 aromatic carbocycles. The molecule has 20 heavy (non-hydrogen) atoms. The van der Waals surface area contributed by atoms with Gasteiger partial charge in [0, 0.05) is 13.1 Å². The van der Waals surface area contributed by atoms with E-state index in [1.165, 1.54) is 11.3 Å². The number of amides is 1. The van der Waals surface area contributed by atoms with Gasteiger partial charge in [0.1, 0.15) is 4.34 Å². The maximum Gasteiger partial charge on any atom is 0.260 e. The number of carbonyl (C=O) groups excluding carboxylic acids is 1. The molecule has 0 saturated heterocycles. The molecule has 1 N–H and O–H groups in total. The molecule has 1 aliphatic heterocycles. The highest BCUT2D eigenvalue weighted by Gasteiger charge is 2.25. The second-order valence-corrected chi connectivity index (χ2v) is 6.78. The number of thiophene rings is 1. The van der Waals surface area contributed by atoms with Crippen molar-refractivity contribution in [1.82, 2.24) is 0 Å². The van der Waals surface area contributed by atoms with Crippen molar-refractivity contribution in [3.8, 4) is 0 Å². The number of rotatable bonds is 1. The lowest BCUT2D eigenvalue weighted by Crippen LogP contribution is -2.31. The number of halogens is 2. The number of hydrogen-bond acceptors (Lipinski definition) is 3. The maximum absolute atomic E-state index is 12.7. The van der Waals surface area contributed by atoms with E-state index >= 15 is 0 Å². The second kappa shape index (κ2) is 5.64. The number of anilines is 2. The molecule has 0 fully saturated rings. The lowest BCUT2D eigenvalue weighted by Gasteiger charge is -2.22. The second-order valence-electron chi connectivity index (χ2n) is 4.49. The van der Waals surface area contributed by atoms with Crippen molar-refractivity contribution in [2.75, 3.05) is 23.3 Å². The van der Waals surface area contributed by atoms with Gasteiger partial charge in [-0.3, -0.25) is 4.79 Å². The summed E-state index contributed by atoms with van der Waals surface area (Å²) in [7, 11) is 0. The summed E-state index contributed by atoms with van der Waals surface area (Å²) in [6.45, 7) is 1.51. The first kappa shape index (κ1) is 13.7. The Hall–Kier alpha value is -1.23. The molecule has 6 heteroatoms. The Balaban J connectivity index is 2.01. The number of para-hydroxylation sites is 2. The zero-order chi connectivity index (χ0) is 14.1. The average molecular weight is 327 g/mol. The normalized spacial score (nSPS) is 14.4. The molecule has 1 aromatic heterocycles. The summed E-state index contributed by atoms with van der Waals surface area (Å²) < 4.78 is 0.967. The Morgan fingerprint density at radius 1 is 1.30 bits per heavy atom. The Bertz CT molecular complexity index is 656. The van der Waals surface area contributed by atoms with Gasteiger partial charge in [-0.25, -0.2) is 0 Å². The van der Waals surface area contributed by atoms with Crippen LogP contribution in [0.4, 0.5) is 11.4 Å². The molecule has 3 nitrogen and oxygen atoms in total. The number of benzene rings is 1. The van der Waals surface area contributed by atoms with Crippen LogP contribution in [0.25, 0.3) is 0 Å². The van der Waals surface area contributed by atoms with Crippen LogP contribution in [-0.2, 0) is 0 Å². The van der Waals surface area contributed by atoms with Crippen molar-refractivity contribution in [3.05, 3.63) is 44.6 Å². The molecule has 2 heterocycles. The average Bonchev–Trinajstić information content (AvgIpc) is 2.66. The minimum Gasteiger partial charge on any atom is -0.383 e. The molecular formula is C14H12Cl2N2OS. The lowest BCUT2D eigenvalue weighted by atomic mass is 10.2. The van der Waals surface area contributed by atoms with Crippen molar-refractivity contribution in [2.24, 2.45) is 0 Å². The first-order chi connectivity index (χ1) is 9.66. The lowest BCUT2D eigenvalue weighted by molar-refractivity contribution is 0.0988. The number of nitrogens with one attached hydrogen (secondary N) is 1.